The van der Waals surface area contributed by atoms with E-state index in [1.54, 1.807) is 0 Å². The van der Waals surface area contributed by atoms with Crippen molar-refractivity contribution in [3.8, 4) is 11.5 Å². The van der Waals surface area contributed by atoms with Crippen LogP contribution in [-0.4, -0.2) is 51.0 Å². The molecule has 0 radical (unpaired) electrons. The van der Waals surface area contributed by atoms with Gasteiger partial charge in [0.05, 0.1) is 26.4 Å². The third-order valence-corrected chi connectivity index (χ3v) is 3.58. The molecule has 1 aliphatic rings. The van der Waals surface area contributed by atoms with Gasteiger partial charge in [0.15, 0.2) is 11.5 Å². The molecule has 0 N–H and O–H groups in total. The van der Waals surface area contributed by atoms with Gasteiger partial charge in [-0.1, -0.05) is 25.5 Å². The molecule has 0 spiro atoms. The first-order valence-corrected chi connectivity index (χ1v) is 8.05. The Balaban J connectivity index is 1.69. The molecule has 0 aromatic heterocycles. The SMILES string of the molecule is CCCCOc1ccccc1OCCCN1CCOCC1. The second-order valence-corrected chi connectivity index (χ2v) is 5.30. The predicted molar refractivity (Wildman–Crippen MR) is 84.2 cm³/mol. The zero-order valence-corrected chi connectivity index (χ0v) is 13.1. The van der Waals surface area contributed by atoms with Gasteiger partial charge in [-0.05, 0) is 25.0 Å². The predicted octanol–water partition coefficient (Wildman–Crippen LogP) is 2.97. The van der Waals surface area contributed by atoms with Gasteiger partial charge >= 0.3 is 0 Å². The summed E-state index contributed by atoms with van der Waals surface area (Å²) in [5.41, 5.74) is 0. The Kier molecular flexibility index (Phi) is 7.39. The monoisotopic (exact) mass is 293 g/mol. The molecule has 0 unspecified atom stereocenters. The standard InChI is InChI=1S/C17H27NO3/c1-2-3-12-20-16-7-4-5-8-17(16)21-13-6-9-18-10-14-19-15-11-18/h4-5,7-8H,2-3,6,9-15H2,1H3. The molecular weight excluding hydrogens is 266 g/mol. The summed E-state index contributed by atoms with van der Waals surface area (Å²) in [6.45, 7) is 8.51. The number of benzene rings is 1. The highest BCUT2D eigenvalue weighted by Gasteiger charge is 2.10. The van der Waals surface area contributed by atoms with E-state index in [4.69, 9.17) is 14.2 Å². The van der Waals surface area contributed by atoms with E-state index in [0.717, 1.165) is 76.8 Å². The Labute approximate surface area is 128 Å². The Morgan fingerprint density at radius 3 is 2.24 bits per heavy atom. The molecule has 1 saturated heterocycles. The second kappa shape index (κ2) is 9.64. The molecule has 1 aromatic rings. The minimum atomic E-state index is 0.728. The lowest BCUT2D eigenvalue weighted by atomic mass is 10.3. The molecule has 1 aliphatic heterocycles. The van der Waals surface area contributed by atoms with Crippen molar-refractivity contribution in [3.63, 3.8) is 0 Å². The summed E-state index contributed by atoms with van der Waals surface area (Å²) in [6.07, 6.45) is 3.25. The maximum absolute atomic E-state index is 5.88. The molecule has 0 atom stereocenters. The molecule has 118 valence electrons. The fourth-order valence-corrected chi connectivity index (χ4v) is 2.31. The molecule has 1 aromatic carbocycles. The molecule has 1 heterocycles. The van der Waals surface area contributed by atoms with E-state index in [1.165, 1.54) is 0 Å². The van der Waals surface area contributed by atoms with E-state index in [-0.39, 0.29) is 0 Å². The highest BCUT2D eigenvalue weighted by Crippen LogP contribution is 2.26. The first kappa shape index (κ1) is 16.1. The molecule has 0 aliphatic carbocycles. The van der Waals surface area contributed by atoms with Crippen molar-refractivity contribution in [2.75, 3.05) is 46.1 Å². The number of nitrogens with zero attached hydrogens (tertiary/aromatic N) is 1. The number of rotatable bonds is 9. The normalized spacial score (nSPS) is 15.9. The van der Waals surface area contributed by atoms with Gasteiger partial charge in [-0.25, -0.2) is 0 Å². The summed E-state index contributed by atoms with van der Waals surface area (Å²) in [7, 11) is 0. The molecular formula is C17H27NO3. The lowest BCUT2D eigenvalue weighted by molar-refractivity contribution is 0.0357. The van der Waals surface area contributed by atoms with Gasteiger partial charge in [-0.3, -0.25) is 4.90 Å². The number of unbranched alkanes of at least 4 members (excludes halogenated alkanes) is 1. The van der Waals surface area contributed by atoms with Crippen molar-refractivity contribution in [3.05, 3.63) is 24.3 Å². The number of ether oxygens (including phenoxy) is 3. The number of hydrogen-bond acceptors (Lipinski definition) is 4. The van der Waals surface area contributed by atoms with Crippen LogP contribution in [0.5, 0.6) is 11.5 Å². The maximum atomic E-state index is 5.88. The maximum Gasteiger partial charge on any atom is 0.161 e. The Bertz CT molecular complexity index is 391. The lowest BCUT2D eigenvalue weighted by Gasteiger charge is -2.26. The molecule has 4 nitrogen and oxygen atoms in total. The van der Waals surface area contributed by atoms with Crippen LogP contribution in [0.4, 0.5) is 0 Å². The highest BCUT2D eigenvalue weighted by molar-refractivity contribution is 5.39. The third-order valence-electron chi connectivity index (χ3n) is 3.58. The Morgan fingerprint density at radius 2 is 1.62 bits per heavy atom. The molecule has 4 heteroatoms. The van der Waals surface area contributed by atoms with Crippen LogP contribution in [0, 0.1) is 0 Å². The second-order valence-electron chi connectivity index (χ2n) is 5.30. The summed E-state index contributed by atoms with van der Waals surface area (Å²) in [5.74, 6) is 1.72. The lowest BCUT2D eigenvalue weighted by Crippen LogP contribution is -2.37. The summed E-state index contributed by atoms with van der Waals surface area (Å²) < 4.78 is 17.0. The van der Waals surface area contributed by atoms with Gasteiger partial charge in [0.1, 0.15) is 0 Å². The zero-order chi connectivity index (χ0) is 14.8. The first-order valence-electron chi connectivity index (χ1n) is 8.05. The zero-order valence-electron chi connectivity index (χ0n) is 13.1. The van der Waals surface area contributed by atoms with Gasteiger partial charge in [0, 0.05) is 19.6 Å². The average Bonchev–Trinajstić information content (AvgIpc) is 2.54. The van der Waals surface area contributed by atoms with Crippen molar-refractivity contribution in [1.82, 2.24) is 4.90 Å². The number of para-hydroxylation sites is 2. The molecule has 0 amide bonds. The van der Waals surface area contributed by atoms with Gasteiger partial charge in [0.2, 0.25) is 0 Å². The Morgan fingerprint density at radius 1 is 1.00 bits per heavy atom. The minimum absolute atomic E-state index is 0.728. The average molecular weight is 293 g/mol. The van der Waals surface area contributed by atoms with Crippen LogP contribution < -0.4 is 9.47 Å². The van der Waals surface area contributed by atoms with Crippen molar-refractivity contribution < 1.29 is 14.2 Å². The quantitative estimate of drug-likeness (QED) is 0.655. The van der Waals surface area contributed by atoms with Crippen LogP contribution in [0.1, 0.15) is 26.2 Å². The highest BCUT2D eigenvalue weighted by atomic mass is 16.5. The van der Waals surface area contributed by atoms with Crippen LogP contribution in [0.2, 0.25) is 0 Å². The summed E-state index contributed by atoms with van der Waals surface area (Å²) >= 11 is 0. The van der Waals surface area contributed by atoms with Crippen molar-refractivity contribution in [2.24, 2.45) is 0 Å². The third kappa shape index (κ3) is 5.94. The topological polar surface area (TPSA) is 30.9 Å². The molecule has 0 bridgehead atoms. The first-order chi connectivity index (χ1) is 10.4. The van der Waals surface area contributed by atoms with E-state index >= 15 is 0 Å². The van der Waals surface area contributed by atoms with Crippen LogP contribution in [-0.2, 0) is 4.74 Å². The molecule has 21 heavy (non-hydrogen) atoms. The van der Waals surface area contributed by atoms with Crippen molar-refractivity contribution in [1.29, 1.82) is 0 Å². The van der Waals surface area contributed by atoms with E-state index in [0.29, 0.717) is 0 Å². The van der Waals surface area contributed by atoms with Gasteiger partial charge in [-0.15, -0.1) is 0 Å². The largest absolute Gasteiger partial charge is 0.490 e. The molecule has 0 saturated carbocycles. The smallest absolute Gasteiger partial charge is 0.161 e. The fraction of sp³-hybridized carbons (Fsp3) is 0.647. The van der Waals surface area contributed by atoms with E-state index in [1.807, 2.05) is 24.3 Å². The van der Waals surface area contributed by atoms with E-state index < -0.39 is 0 Å². The summed E-state index contributed by atoms with van der Waals surface area (Å²) in [5, 5.41) is 0. The molecule has 2 rings (SSSR count). The summed E-state index contributed by atoms with van der Waals surface area (Å²) in [4.78, 5) is 2.43. The van der Waals surface area contributed by atoms with Gasteiger partial charge in [0.25, 0.3) is 0 Å². The van der Waals surface area contributed by atoms with Crippen molar-refractivity contribution >= 4 is 0 Å². The number of hydrogen-bond donors (Lipinski definition) is 0. The van der Waals surface area contributed by atoms with E-state index in [9.17, 15) is 0 Å². The number of morpholine rings is 1. The van der Waals surface area contributed by atoms with Crippen molar-refractivity contribution in [2.45, 2.75) is 26.2 Å². The van der Waals surface area contributed by atoms with Crippen LogP contribution in [0.3, 0.4) is 0 Å². The fourth-order valence-electron chi connectivity index (χ4n) is 2.31. The van der Waals surface area contributed by atoms with Crippen LogP contribution >= 0.6 is 0 Å². The van der Waals surface area contributed by atoms with Gasteiger partial charge in [-0.2, -0.15) is 0 Å². The summed E-state index contributed by atoms with van der Waals surface area (Å²) in [6, 6.07) is 7.94. The van der Waals surface area contributed by atoms with E-state index in [2.05, 4.69) is 11.8 Å². The van der Waals surface area contributed by atoms with Crippen LogP contribution in [0.25, 0.3) is 0 Å². The van der Waals surface area contributed by atoms with Crippen LogP contribution in [0.15, 0.2) is 24.3 Å². The molecule has 1 fully saturated rings. The van der Waals surface area contributed by atoms with Gasteiger partial charge < -0.3 is 14.2 Å². The minimum Gasteiger partial charge on any atom is -0.490 e. The Hall–Kier alpha value is -1.26.